The van der Waals surface area contributed by atoms with Gasteiger partial charge in [0.05, 0.1) is 29.1 Å². The summed E-state index contributed by atoms with van der Waals surface area (Å²) in [7, 11) is 1.57. The zero-order valence-electron chi connectivity index (χ0n) is 13.5. The van der Waals surface area contributed by atoms with Crippen molar-refractivity contribution in [2.75, 3.05) is 24.7 Å². The lowest BCUT2D eigenvalue weighted by molar-refractivity contribution is 0.0964. The van der Waals surface area contributed by atoms with Crippen LogP contribution in [0, 0.1) is 0 Å². The van der Waals surface area contributed by atoms with Crippen LogP contribution in [0.15, 0.2) is 18.2 Å². The molecule has 0 spiro atoms. The lowest BCUT2D eigenvalue weighted by Crippen LogP contribution is -2.25. The molecule has 0 saturated heterocycles. The second-order valence-electron chi connectivity index (χ2n) is 5.38. The van der Waals surface area contributed by atoms with E-state index in [0.29, 0.717) is 22.3 Å². The van der Waals surface area contributed by atoms with E-state index >= 15 is 0 Å². The molecule has 2 rings (SSSR count). The predicted molar refractivity (Wildman–Crippen MR) is 91.4 cm³/mol. The van der Waals surface area contributed by atoms with E-state index in [1.54, 1.807) is 25.2 Å². The molecule has 0 fully saturated rings. The number of nitrogens with zero attached hydrogens (tertiary/aromatic N) is 2. The van der Waals surface area contributed by atoms with Crippen LogP contribution in [0.25, 0.3) is 10.9 Å². The minimum absolute atomic E-state index is 0.0203. The van der Waals surface area contributed by atoms with Gasteiger partial charge in [-0.3, -0.25) is 4.79 Å². The largest absolute Gasteiger partial charge is 0.394 e. The molecule has 124 valence electrons. The number of nitrogens with two attached hydrogens (primary N) is 1. The van der Waals surface area contributed by atoms with E-state index < -0.39 is 0 Å². The number of nitrogens with one attached hydrogen (secondary N) is 2. The first-order valence-corrected chi connectivity index (χ1v) is 7.76. The molecule has 7 nitrogen and oxygen atoms in total. The Morgan fingerprint density at radius 2 is 2.17 bits per heavy atom. The highest BCUT2D eigenvalue weighted by Gasteiger charge is 2.17. The van der Waals surface area contributed by atoms with Gasteiger partial charge in [0.25, 0.3) is 5.91 Å². The maximum absolute atomic E-state index is 12.1. The molecule has 0 aliphatic carbocycles. The zero-order valence-corrected chi connectivity index (χ0v) is 13.5. The van der Waals surface area contributed by atoms with Crippen LogP contribution in [0.1, 0.15) is 36.5 Å². The Hall–Kier alpha value is -2.41. The molecular formula is C16H23N5O2. The van der Waals surface area contributed by atoms with Crippen molar-refractivity contribution in [1.82, 2.24) is 15.3 Å². The highest BCUT2D eigenvalue weighted by molar-refractivity contribution is 6.10. The van der Waals surface area contributed by atoms with E-state index in [2.05, 4.69) is 27.5 Å². The molecule has 1 aromatic carbocycles. The number of unbranched alkanes of at least 4 members (excludes halogenated alkanes) is 1. The van der Waals surface area contributed by atoms with Gasteiger partial charge in [0.1, 0.15) is 5.82 Å². The summed E-state index contributed by atoms with van der Waals surface area (Å²) in [6.07, 6.45) is 2.83. The number of carbonyl (C=O) groups excluding carboxylic acids is 1. The number of aliphatic hydroxyl groups is 1. The Bertz CT molecular complexity index is 689. The average molecular weight is 317 g/mol. The molecular weight excluding hydrogens is 294 g/mol. The number of aliphatic hydroxyl groups excluding tert-OH is 1. The van der Waals surface area contributed by atoms with Crippen molar-refractivity contribution in [3.8, 4) is 0 Å². The van der Waals surface area contributed by atoms with E-state index in [-0.39, 0.29) is 24.5 Å². The number of aromatic nitrogens is 2. The summed E-state index contributed by atoms with van der Waals surface area (Å²) in [6.45, 7) is 2.07. The Morgan fingerprint density at radius 3 is 2.83 bits per heavy atom. The Balaban J connectivity index is 2.50. The maximum Gasteiger partial charge on any atom is 0.251 e. The van der Waals surface area contributed by atoms with Crippen molar-refractivity contribution >= 4 is 28.6 Å². The summed E-state index contributed by atoms with van der Waals surface area (Å²) in [5.74, 6) is 0.379. The van der Waals surface area contributed by atoms with Gasteiger partial charge < -0.3 is 21.5 Å². The number of benzene rings is 1. The van der Waals surface area contributed by atoms with E-state index in [1.807, 2.05) is 0 Å². The van der Waals surface area contributed by atoms with Gasteiger partial charge in [-0.15, -0.1) is 0 Å². The number of fused-ring (bicyclic) bond motifs is 1. The number of anilines is 2. The van der Waals surface area contributed by atoms with Crippen LogP contribution in [-0.2, 0) is 0 Å². The number of rotatable bonds is 7. The van der Waals surface area contributed by atoms with Crippen LogP contribution in [0.3, 0.4) is 0 Å². The number of hydrogen-bond donors (Lipinski definition) is 4. The molecule has 1 aromatic heterocycles. The molecule has 1 unspecified atom stereocenters. The Morgan fingerprint density at radius 1 is 1.39 bits per heavy atom. The van der Waals surface area contributed by atoms with Gasteiger partial charge in [-0.25, -0.2) is 4.98 Å². The number of amides is 1. The lowest BCUT2D eigenvalue weighted by atomic mass is 10.1. The van der Waals surface area contributed by atoms with E-state index in [9.17, 15) is 9.90 Å². The summed E-state index contributed by atoms with van der Waals surface area (Å²) < 4.78 is 0. The SMILES string of the molecule is CCCCC(CO)Nc1nc(N)nc2cccc(C(=O)NC)c12. The summed E-state index contributed by atoms with van der Waals surface area (Å²) >= 11 is 0. The molecule has 1 atom stereocenters. The second kappa shape index (κ2) is 7.73. The fourth-order valence-corrected chi connectivity index (χ4v) is 2.48. The van der Waals surface area contributed by atoms with Crippen molar-refractivity contribution in [2.45, 2.75) is 32.2 Å². The van der Waals surface area contributed by atoms with Crippen LogP contribution in [0.4, 0.5) is 11.8 Å². The fraction of sp³-hybridized carbons (Fsp3) is 0.438. The molecule has 0 aliphatic heterocycles. The average Bonchev–Trinajstić information content (AvgIpc) is 2.56. The van der Waals surface area contributed by atoms with E-state index in [4.69, 9.17) is 5.73 Å². The van der Waals surface area contributed by atoms with Crippen LogP contribution in [0.2, 0.25) is 0 Å². The molecule has 0 bridgehead atoms. The number of nitrogen functional groups attached to an aromatic ring is 1. The molecule has 1 heterocycles. The third-order valence-corrected chi connectivity index (χ3v) is 3.68. The third kappa shape index (κ3) is 3.87. The zero-order chi connectivity index (χ0) is 16.8. The van der Waals surface area contributed by atoms with E-state index in [1.165, 1.54) is 0 Å². The van der Waals surface area contributed by atoms with Crippen LogP contribution in [0.5, 0.6) is 0 Å². The van der Waals surface area contributed by atoms with Crippen LogP contribution < -0.4 is 16.4 Å². The highest BCUT2D eigenvalue weighted by Crippen LogP contribution is 2.26. The summed E-state index contributed by atoms with van der Waals surface area (Å²) in [5.41, 5.74) is 6.84. The summed E-state index contributed by atoms with van der Waals surface area (Å²) in [5, 5.41) is 16.0. The lowest BCUT2D eigenvalue weighted by Gasteiger charge is -2.19. The molecule has 2 aromatic rings. The predicted octanol–water partition coefficient (Wildman–Crippen LogP) is 1.53. The minimum Gasteiger partial charge on any atom is -0.394 e. The smallest absolute Gasteiger partial charge is 0.251 e. The quantitative estimate of drug-likeness (QED) is 0.616. The first-order valence-electron chi connectivity index (χ1n) is 7.76. The summed E-state index contributed by atoms with van der Waals surface area (Å²) in [4.78, 5) is 20.5. The first-order chi connectivity index (χ1) is 11.1. The topological polar surface area (TPSA) is 113 Å². The molecule has 23 heavy (non-hydrogen) atoms. The van der Waals surface area contributed by atoms with Gasteiger partial charge >= 0.3 is 0 Å². The van der Waals surface area contributed by atoms with Crippen molar-refractivity contribution in [2.24, 2.45) is 0 Å². The van der Waals surface area contributed by atoms with Crippen molar-refractivity contribution in [1.29, 1.82) is 0 Å². The molecule has 0 saturated carbocycles. The van der Waals surface area contributed by atoms with E-state index in [0.717, 1.165) is 19.3 Å². The van der Waals surface area contributed by atoms with Crippen molar-refractivity contribution in [3.63, 3.8) is 0 Å². The minimum atomic E-state index is -0.221. The molecule has 7 heteroatoms. The molecule has 1 amide bonds. The Labute approximate surface area is 135 Å². The van der Waals surface area contributed by atoms with Crippen molar-refractivity contribution < 1.29 is 9.90 Å². The summed E-state index contributed by atoms with van der Waals surface area (Å²) in [6, 6.07) is 5.10. The van der Waals surface area contributed by atoms with Crippen LogP contribution >= 0.6 is 0 Å². The molecule has 0 aliphatic rings. The standard InChI is InChI=1S/C16H23N5O2/c1-3-4-6-10(9-22)19-14-13-11(15(23)18-2)7-5-8-12(13)20-16(17)21-14/h5,7-8,10,22H,3-4,6,9H2,1-2H3,(H,18,23)(H3,17,19,20,21). The number of hydrogen-bond acceptors (Lipinski definition) is 6. The second-order valence-corrected chi connectivity index (χ2v) is 5.38. The molecule has 0 radical (unpaired) electrons. The van der Waals surface area contributed by atoms with Gasteiger partial charge in [-0.1, -0.05) is 25.8 Å². The normalized spacial score (nSPS) is 12.1. The fourth-order valence-electron chi connectivity index (χ4n) is 2.48. The monoisotopic (exact) mass is 317 g/mol. The van der Waals surface area contributed by atoms with Crippen LogP contribution in [-0.4, -0.2) is 40.7 Å². The van der Waals surface area contributed by atoms with Gasteiger partial charge in [0.2, 0.25) is 5.95 Å². The van der Waals surface area contributed by atoms with Gasteiger partial charge in [-0.2, -0.15) is 4.98 Å². The maximum atomic E-state index is 12.1. The number of carbonyl (C=O) groups is 1. The third-order valence-electron chi connectivity index (χ3n) is 3.68. The van der Waals surface area contributed by atoms with Gasteiger partial charge in [0, 0.05) is 7.05 Å². The van der Waals surface area contributed by atoms with Crippen molar-refractivity contribution in [3.05, 3.63) is 23.8 Å². The highest BCUT2D eigenvalue weighted by atomic mass is 16.3. The van der Waals surface area contributed by atoms with Gasteiger partial charge in [-0.05, 0) is 18.6 Å². The Kier molecular flexibility index (Phi) is 5.70. The first kappa shape index (κ1) is 17.0. The van der Waals surface area contributed by atoms with Gasteiger partial charge in [0.15, 0.2) is 0 Å². The molecule has 5 N–H and O–H groups in total.